The van der Waals surface area contributed by atoms with Gasteiger partial charge in [0.2, 0.25) is 0 Å². The number of hydrogen-bond acceptors (Lipinski definition) is 1. The number of benzene rings is 2. The number of halogens is 2. The summed E-state index contributed by atoms with van der Waals surface area (Å²) < 4.78 is 14.0. The highest BCUT2D eigenvalue weighted by Crippen LogP contribution is 2.27. The van der Waals surface area contributed by atoms with E-state index in [4.69, 9.17) is 0 Å². The first-order valence-electron chi connectivity index (χ1n) is 4.72. The predicted molar refractivity (Wildman–Crippen MR) is 64.9 cm³/mol. The molecule has 0 heterocycles. The molecule has 0 radical (unpaired) electrons. The van der Waals surface area contributed by atoms with Crippen molar-refractivity contribution >= 4 is 22.2 Å². The molecule has 1 nitrogen and oxygen atoms in total. The minimum absolute atomic E-state index is 0.0553. The van der Waals surface area contributed by atoms with Gasteiger partial charge in [0.1, 0.15) is 5.82 Å². The van der Waals surface area contributed by atoms with Gasteiger partial charge in [-0.15, -0.1) is 0 Å². The van der Waals surface area contributed by atoms with Crippen molar-refractivity contribution in [2.24, 2.45) is 0 Å². The quantitative estimate of drug-likeness (QED) is 0.757. The molecule has 0 aromatic heterocycles. The zero-order chi connectivity index (χ0) is 11.5. The summed E-state index contributed by atoms with van der Waals surface area (Å²) in [6, 6.07) is 12.5. The van der Waals surface area contributed by atoms with E-state index in [2.05, 4.69) is 15.9 Å². The Morgan fingerprint density at radius 3 is 2.31 bits per heavy atom. The molecular weight excluding hydrogens is 271 g/mol. The number of carbonyl (C=O) groups excluding carboxylic acids is 1. The SMILES string of the molecule is O=Cc1c(F)cc(-c2ccccc2)cc1Br. The van der Waals surface area contributed by atoms with Gasteiger partial charge in [-0.05, 0) is 39.2 Å². The lowest BCUT2D eigenvalue weighted by molar-refractivity contribution is 0.111. The molecule has 0 atom stereocenters. The van der Waals surface area contributed by atoms with Gasteiger partial charge in [-0.1, -0.05) is 30.3 Å². The van der Waals surface area contributed by atoms with E-state index < -0.39 is 5.82 Å². The van der Waals surface area contributed by atoms with E-state index in [-0.39, 0.29) is 5.56 Å². The van der Waals surface area contributed by atoms with E-state index >= 15 is 0 Å². The molecule has 0 N–H and O–H groups in total. The van der Waals surface area contributed by atoms with Crippen molar-refractivity contribution in [3.8, 4) is 11.1 Å². The van der Waals surface area contributed by atoms with E-state index in [1.54, 1.807) is 6.07 Å². The summed E-state index contributed by atoms with van der Waals surface area (Å²) in [7, 11) is 0. The molecule has 0 aliphatic rings. The molecule has 3 heteroatoms. The monoisotopic (exact) mass is 278 g/mol. The maximum Gasteiger partial charge on any atom is 0.154 e. The Labute approximate surface area is 101 Å². The Kier molecular flexibility index (Phi) is 3.15. The molecule has 0 saturated heterocycles. The van der Waals surface area contributed by atoms with E-state index in [9.17, 15) is 9.18 Å². The zero-order valence-electron chi connectivity index (χ0n) is 8.28. The average molecular weight is 279 g/mol. The van der Waals surface area contributed by atoms with Gasteiger partial charge in [0.25, 0.3) is 0 Å². The third-order valence-corrected chi connectivity index (χ3v) is 2.96. The molecule has 2 rings (SSSR count). The van der Waals surface area contributed by atoms with Crippen molar-refractivity contribution in [3.05, 3.63) is 58.3 Å². The summed E-state index contributed by atoms with van der Waals surface area (Å²) in [5.74, 6) is -0.511. The van der Waals surface area contributed by atoms with E-state index in [1.165, 1.54) is 6.07 Å². The van der Waals surface area contributed by atoms with Crippen molar-refractivity contribution < 1.29 is 9.18 Å². The fourth-order valence-corrected chi connectivity index (χ4v) is 2.02. The fraction of sp³-hybridized carbons (Fsp3) is 0. The van der Waals surface area contributed by atoms with Gasteiger partial charge < -0.3 is 0 Å². The summed E-state index contributed by atoms with van der Waals surface area (Å²) in [6.07, 6.45) is 0.508. The molecule has 80 valence electrons. The van der Waals surface area contributed by atoms with Crippen LogP contribution >= 0.6 is 15.9 Å². The molecule has 2 aromatic carbocycles. The number of hydrogen-bond donors (Lipinski definition) is 0. The van der Waals surface area contributed by atoms with Crippen LogP contribution in [0.2, 0.25) is 0 Å². The van der Waals surface area contributed by atoms with Crippen molar-refractivity contribution in [2.45, 2.75) is 0 Å². The Bertz CT molecular complexity index is 500. The van der Waals surface area contributed by atoms with Crippen LogP contribution in [0.15, 0.2) is 46.9 Å². The maximum absolute atomic E-state index is 13.5. The van der Waals surface area contributed by atoms with Gasteiger partial charge >= 0.3 is 0 Å². The molecule has 2 aromatic rings. The van der Waals surface area contributed by atoms with Crippen molar-refractivity contribution in [2.75, 3.05) is 0 Å². The largest absolute Gasteiger partial charge is 0.298 e. The Balaban J connectivity index is 2.57. The van der Waals surface area contributed by atoms with Crippen molar-refractivity contribution in [1.82, 2.24) is 0 Å². The van der Waals surface area contributed by atoms with Crippen LogP contribution in [-0.4, -0.2) is 6.29 Å². The normalized spacial score (nSPS) is 10.1. The molecule has 16 heavy (non-hydrogen) atoms. The topological polar surface area (TPSA) is 17.1 Å². The number of aldehydes is 1. The first-order chi connectivity index (χ1) is 7.72. The first kappa shape index (κ1) is 11.0. The van der Waals surface area contributed by atoms with Gasteiger partial charge in [0.05, 0.1) is 5.56 Å². The first-order valence-corrected chi connectivity index (χ1v) is 5.51. The van der Waals surface area contributed by atoms with Crippen LogP contribution in [0, 0.1) is 5.82 Å². The highest BCUT2D eigenvalue weighted by molar-refractivity contribution is 9.10. The molecule has 0 saturated carbocycles. The molecule has 0 spiro atoms. The Hall–Kier alpha value is -1.48. The molecular formula is C13H8BrFO. The summed E-state index contributed by atoms with van der Waals surface area (Å²) in [4.78, 5) is 10.6. The van der Waals surface area contributed by atoms with Crippen LogP contribution in [0.3, 0.4) is 0 Å². The number of carbonyl (C=O) groups is 1. The Morgan fingerprint density at radius 1 is 1.06 bits per heavy atom. The Morgan fingerprint density at radius 2 is 1.75 bits per heavy atom. The maximum atomic E-state index is 13.5. The van der Waals surface area contributed by atoms with Crippen LogP contribution in [0.25, 0.3) is 11.1 Å². The van der Waals surface area contributed by atoms with Crippen LogP contribution in [0.5, 0.6) is 0 Å². The second kappa shape index (κ2) is 4.58. The summed E-state index contributed by atoms with van der Waals surface area (Å²) in [5, 5.41) is 0. The standard InChI is InChI=1S/C13H8BrFO/c14-12-6-10(7-13(15)11(12)8-16)9-4-2-1-3-5-9/h1-8H. The van der Waals surface area contributed by atoms with Gasteiger partial charge in [-0.25, -0.2) is 4.39 Å². The third-order valence-electron chi connectivity index (χ3n) is 2.30. The lowest BCUT2D eigenvalue weighted by Gasteiger charge is -2.05. The second-order valence-electron chi connectivity index (χ2n) is 3.34. The highest BCUT2D eigenvalue weighted by atomic mass is 79.9. The molecule has 0 fully saturated rings. The minimum atomic E-state index is -0.511. The minimum Gasteiger partial charge on any atom is -0.298 e. The van der Waals surface area contributed by atoms with Gasteiger partial charge in [-0.3, -0.25) is 4.79 Å². The summed E-state index contributed by atoms with van der Waals surface area (Å²) >= 11 is 3.18. The molecule has 0 aliphatic heterocycles. The van der Waals surface area contributed by atoms with Crippen LogP contribution < -0.4 is 0 Å². The van der Waals surface area contributed by atoms with E-state index in [1.807, 2.05) is 30.3 Å². The summed E-state index contributed by atoms with van der Waals surface area (Å²) in [5.41, 5.74) is 1.72. The smallest absolute Gasteiger partial charge is 0.154 e. The average Bonchev–Trinajstić information content (AvgIpc) is 2.30. The van der Waals surface area contributed by atoms with Crippen LogP contribution in [-0.2, 0) is 0 Å². The van der Waals surface area contributed by atoms with Gasteiger partial charge in [0, 0.05) is 4.47 Å². The predicted octanol–water partition coefficient (Wildman–Crippen LogP) is 4.07. The second-order valence-corrected chi connectivity index (χ2v) is 4.19. The van der Waals surface area contributed by atoms with Crippen molar-refractivity contribution in [3.63, 3.8) is 0 Å². The van der Waals surface area contributed by atoms with Crippen LogP contribution in [0.1, 0.15) is 10.4 Å². The number of rotatable bonds is 2. The zero-order valence-corrected chi connectivity index (χ0v) is 9.87. The van der Waals surface area contributed by atoms with E-state index in [0.29, 0.717) is 10.8 Å². The fourth-order valence-electron chi connectivity index (χ4n) is 1.49. The van der Waals surface area contributed by atoms with Gasteiger partial charge in [0.15, 0.2) is 6.29 Å². The van der Waals surface area contributed by atoms with Gasteiger partial charge in [-0.2, -0.15) is 0 Å². The van der Waals surface area contributed by atoms with Crippen molar-refractivity contribution in [1.29, 1.82) is 0 Å². The molecule has 0 amide bonds. The molecule has 0 bridgehead atoms. The molecule has 0 unspecified atom stereocenters. The summed E-state index contributed by atoms with van der Waals surface area (Å²) in [6.45, 7) is 0. The lowest BCUT2D eigenvalue weighted by atomic mass is 10.0. The van der Waals surface area contributed by atoms with Crippen LogP contribution in [0.4, 0.5) is 4.39 Å². The van der Waals surface area contributed by atoms with E-state index in [0.717, 1.165) is 11.1 Å². The lowest BCUT2D eigenvalue weighted by Crippen LogP contribution is -1.91. The molecule has 0 aliphatic carbocycles. The third kappa shape index (κ3) is 2.04. The highest BCUT2D eigenvalue weighted by Gasteiger charge is 2.09.